The first-order valence-electron chi connectivity index (χ1n) is 14.7. The maximum absolute atomic E-state index is 2.78. The Balaban J connectivity index is 0.00000149. The van der Waals surface area contributed by atoms with Crippen molar-refractivity contribution >= 4 is 0 Å². The van der Waals surface area contributed by atoms with Crippen molar-refractivity contribution < 1.29 is 0 Å². The maximum atomic E-state index is 2.78. The summed E-state index contributed by atoms with van der Waals surface area (Å²) in [7, 11) is 0. The Morgan fingerprint density at radius 3 is 2.21 bits per heavy atom. The molecule has 33 heavy (non-hydrogen) atoms. The third kappa shape index (κ3) is 4.12. The molecule has 0 spiro atoms. The van der Waals surface area contributed by atoms with Crippen molar-refractivity contribution in [1.29, 1.82) is 0 Å². The quantitative estimate of drug-likeness (QED) is 0.370. The third-order valence-corrected chi connectivity index (χ3v) is 12.3. The molecule has 0 N–H and O–H groups in total. The topological polar surface area (TPSA) is 0 Å². The van der Waals surface area contributed by atoms with Crippen molar-refractivity contribution in [3.8, 4) is 0 Å². The van der Waals surface area contributed by atoms with Crippen LogP contribution in [-0.2, 0) is 0 Å². The minimum Gasteiger partial charge on any atom is -0.0859 e. The van der Waals surface area contributed by atoms with Crippen molar-refractivity contribution in [3.05, 3.63) is 23.3 Å². The fraction of sp³-hybridized carbons (Fsp3) is 0.879. The highest BCUT2D eigenvalue weighted by molar-refractivity contribution is 5.31. The Labute approximate surface area is 208 Å². The zero-order valence-corrected chi connectivity index (χ0v) is 24.4. The molecule has 0 bridgehead atoms. The van der Waals surface area contributed by atoms with Crippen LogP contribution in [0.1, 0.15) is 134 Å². The van der Waals surface area contributed by atoms with Gasteiger partial charge in [-0.15, -0.1) is 0 Å². The van der Waals surface area contributed by atoms with Gasteiger partial charge in [-0.05, 0) is 123 Å². The van der Waals surface area contributed by atoms with Gasteiger partial charge in [-0.1, -0.05) is 85.6 Å². The average Bonchev–Trinajstić information content (AvgIpc) is 3.04. The summed E-state index contributed by atoms with van der Waals surface area (Å²) in [6, 6.07) is 0. The molecule has 0 nitrogen and oxygen atoms in total. The van der Waals surface area contributed by atoms with Crippen LogP contribution in [-0.4, -0.2) is 0 Å². The summed E-state index contributed by atoms with van der Waals surface area (Å²) in [5.74, 6) is 4.42. The highest BCUT2D eigenvalue weighted by Gasteiger charge is 2.65. The number of rotatable bonds is 4. The van der Waals surface area contributed by atoms with Gasteiger partial charge in [0.2, 0.25) is 0 Å². The zero-order valence-electron chi connectivity index (χ0n) is 24.4. The minimum atomic E-state index is 0.386. The van der Waals surface area contributed by atoms with Crippen LogP contribution in [0.4, 0.5) is 0 Å². The van der Waals surface area contributed by atoms with E-state index in [9.17, 15) is 0 Å². The van der Waals surface area contributed by atoms with Gasteiger partial charge in [-0.2, -0.15) is 0 Å². The van der Waals surface area contributed by atoms with E-state index in [4.69, 9.17) is 0 Å². The lowest BCUT2D eigenvalue weighted by atomic mass is 9.40. The molecule has 0 saturated heterocycles. The lowest BCUT2D eigenvalue weighted by molar-refractivity contribution is -0.118. The van der Waals surface area contributed by atoms with Crippen LogP contribution in [0.15, 0.2) is 23.3 Å². The van der Waals surface area contributed by atoms with E-state index in [2.05, 4.69) is 74.5 Å². The fourth-order valence-electron chi connectivity index (χ4n) is 9.74. The van der Waals surface area contributed by atoms with Crippen molar-refractivity contribution in [2.75, 3.05) is 0 Å². The van der Waals surface area contributed by atoms with E-state index in [-0.39, 0.29) is 0 Å². The number of allylic oxidation sites excluding steroid dienone is 4. The molecular formula is C33H58. The first kappa shape index (κ1) is 27.1. The second kappa shape index (κ2) is 9.50. The second-order valence-corrected chi connectivity index (χ2v) is 14.0. The Morgan fingerprint density at radius 1 is 0.939 bits per heavy atom. The summed E-state index contributed by atoms with van der Waals surface area (Å²) in [6.45, 7) is 26.8. The summed E-state index contributed by atoms with van der Waals surface area (Å²) >= 11 is 0. The van der Waals surface area contributed by atoms with Gasteiger partial charge >= 0.3 is 0 Å². The molecule has 0 amide bonds. The molecule has 8 unspecified atom stereocenters. The molecule has 190 valence electrons. The molecule has 0 aliphatic heterocycles. The van der Waals surface area contributed by atoms with Crippen LogP contribution in [0.3, 0.4) is 0 Å². The Hall–Kier alpha value is -0.520. The molecule has 0 aromatic carbocycles. The Kier molecular flexibility index (Phi) is 7.80. The average molecular weight is 455 g/mol. The highest BCUT2D eigenvalue weighted by Crippen LogP contribution is 2.74. The van der Waals surface area contributed by atoms with Gasteiger partial charge < -0.3 is 0 Å². The SMILES string of the molecule is CC.CC(C)=CCCC(C)C1CCC2(C)C3CC=C4C(C)(C)C(C)CCC4(C)C3CCC12C. The summed E-state index contributed by atoms with van der Waals surface area (Å²) in [5.41, 5.74) is 5.24. The predicted octanol–water partition coefficient (Wildman–Crippen LogP) is 10.6. The molecule has 3 saturated carbocycles. The number of fused-ring (bicyclic) bond motifs is 5. The summed E-state index contributed by atoms with van der Waals surface area (Å²) in [5, 5.41) is 0. The van der Waals surface area contributed by atoms with Crippen LogP contribution in [0.25, 0.3) is 0 Å². The van der Waals surface area contributed by atoms with Gasteiger partial charge in [0.25, 0.3) is 0 Å². The smallest absolute Gasteiger partial charge is 0.00796 e. The van der Waals surface area contributed by atoms with E-state index < -0.39 is 0 Å². The van der Waals surface area contributed by atoms with Gasteiger partial charge in [0.05, 0.1) is 0 Å². The van der Waals surface area contributed by atoms with Crippen LogP contribution < -0.4 is 0 Å². The van der Waals surface area contributed by atoms with Crippen molar-refractivity contribution in [2.45, 2.75) is 134 Å². The molecule has 3 fully saturated rings. The highest BCUT2D eigenvalue weighted by atomic mass is 14.7. The van der Waals surface area contributed by atoms with E-state index >= 15 is 0 Å². The standard InChI is InChI=1S/C31H52.C2H6/c1-21(2)11-10-12-22(3)24-16-19-31(9)26-13-14-27-28(5,6)23(4)15-18-29(27,7)25(26)17-20-30(24,31)8;1-2/h11,14,22-26H,10,12-13,15-20H2,1-9H3;1-2H3. The molecular weight excluding hydrogens is 396 g/mol. The number of hydrogen-bond acceptors (Lipinski definition) is 0. The van der Waals surface area contributed by atoms with Crippen LogP contribution in [0, 0.1) is 51.2 Å². The Morgan fingerprint density at radius 2 is 1.58 bits per heavy atom. The van der Waals surface area contributed by atoms with E-state index in [1.54, 1.807) is 0 Å². The molecule has 0 aromatic rings. The molecule has 4 aliphatic carbocycles. The summed E-state index contributed by atoms with van der Waals surface area (Å²) in [6.07, 6.45) is 18.0. The lowest BCUT2D eigenvalue weighted by Crippen LogP contribution is -2.57. The molecule has 8 atom stereocenters. The monoisotopic (exact) mass is 454 g/mol. The van der Waals surface area contributed by atoms with Crippen LogP contribution in [0.5, 0.6) is 0 Å². The van der Waals surface area contributed by atoms with Crippen LogP contribution >= 0.6 is 0 Å². The second-order valence-electron chi connectivity index (χ2n) is 14.0. The van der Waals surface area contributed by atoms with Gasteiger partial charge in [-0.3, -0.25) is 0 Å². The first-order chi connectivity index (χ1) is 15.4. The number of hydrogen-bond donors (Lipinski definition) is 0. The van der Waals surface area contributed by atoms with Gasteiger partial charge in [0.15, 0.2) is 0 Å². The predicted molar refractivity (Wildman–Crippen MR) is 147 cm³/mol. The van der Waals surface area contributed by atoms with E-state index in [0.717, 1.165) is 29.6 Å². The summed E-state index contributed by atoms with van der Waals surface area (Å²) in [4.78, 5) is 0. The van der Waals surface area contributed by atoms with E-state index in [1.807, 2.05) is 19.4 Å². The van der Waals surface area contributed by atoms with Crippen molar-refractivity contribution in [1.82, 2.24) is 0 Å². The van der Waals surface area contributed by atoms with E-state index in [1.165, 1.54) is 63.4 Å². The Bertz CT molecular complexity index is 748. The first-order valence-corrected chi connectivity index (χ1v) is 14.7. The van der Waals surface area contributed by atoms with Gasteiger partial charge in [-0.25, -0.2) is 0 Å². The van der Waals surface area contributed by atoms with Crippen LogP contribution in [0.2, 0.25) is 0 Å². The zero-order chi connectivity index (χ0) is 24.8. The normalized spacial score (nSPS) is 44.3. The maximum Gasteiger partial charge on any atom is -0.00796 e. The minimum absolute atomic E-state index is 0.386. The van der Waals surface area contributed by atoms with Gasteiger partial charge in [0.1, 0.15) is 0 Å². The third-order valence-electron chi connectivity index (χ3n) is 12.3. The molecule has 0 aromatic heterocycles. The lowest BCUT2D eigenvalue weighted by Gasteiger charge is -2.65. The van der Waals surface area contributed by atoms with Crippen molar-refractivity contribution in [2.24, 2.45) is 51.2 Å². The van der Waals surface area contributed by atoms with Crippen molar-refractivity contribution in [3.63, 3.8) is 0 Å². The van der Waals surface area contributed by atoms with Gasteiger partial charge in [0, 0.05) is 0 Å². The molecule has 0 heteroatoms. The molecule has 4 rings (SSSR count). The fourth-order valence-corrected chi connectivity index (χ4v) is 9.74. The molecule has 4 aliphatic rings. The van der Waals surface area contributed by atoms with E-state index in [0.29, 0.717) is 21.7 Å². The molecule has 0 radical (unpaired) electrons. The summed E-state index contributed by atoms with van der Waals surface area (Å²) < 4.78 is 0. The molecule has 0 heterocycles. The largest absolute Gasteiger partial charge is 0.0859 e.